The summed E-state index contributed by atoms with van der Waals surface area (Å²) in [6, 6.07) is 6.64. The third-order valence-electron chi connectivity index (χ3n) is 4.65. The molecular formula is C20H28O8. The highest BCUT2D eigenvalue weighted by Crippen LogP contribution is 2.38. The van der Waals surface area contributed by atoms with E-state index in [2.05, 4.69) is 0 Å². The van der Waals surface area contributed by atoms with Crippen molar-refractivity contribution >= 4 is 5.97 Å². The lowest BCUT2D eigenvalue weighted by Crippen LogP contribution is -2.45. The number of rotatable bonds is 6. The molecule has 2 aliphatic rings. The van der Waals surface area contributed by atoms with Crippen molar-refractivity contribution in [3.05, 3.63) is 29.8 Å². The quantitative estimate of drug-likeness (QED) is 0.729. The first kappa shape index (κ1) is 21.0. The molecular weight excluding hydrogens is 368 g/mol. The van der Waals surface area contributed by atoms with E-state index in [9.17, 15) is 9.90 Å². The van der Waals surface area contributed by atoms with Crippen LogP contribution in [0.5, 0.6) is 5.75 Å². The van der Waals surface area contributed by atoms with Gasteiger partial charge in [0.1, 0.15) is 36.8 Å². The van der Waals surface area contributed by atoms with Gasteiger partial charge in [-0.3, -0.25) is 0 Å². The van der Waals surface area contributed by atoms with Crippen LogP contribution in [0.2, 0.25) is 0 Å². The molecule has 0 radical (unpaired) electrons. The van der Waals surface area contributed by atoms with Gasteiger partial charge in [0.15, 0.2) is 11.6 Å². The summed E-state index contributed by atoms with van der Waals surface area (Å²) < 4.78 is 34.1. The van der Waals surface area contributed by atoms with Crippen LogP contribution >= 0.6 is 0 Å². The van der Waals surface area contributed by atoms with E-state index >= 15 is 0 Å². The van der Waals surface area contributed by atoms with E-state index in [1.807, 2.05) is 0 Å². The molecule has 0 saturated carbocycles. The largest absolute Gasteiger partial charge is 0.497 e. The van der Waals surface area contributed by atoms with Crippen molar-refractivity contribution in [1.82, 2.24) is 0 Å². The smallest absolute Gasteiger partial charge is 0.338 e. The number of esters is 1. The minimum absolute atomic E-state index is 0.0165. The zero-order valence-electron chi connectivity index (χ0n) is 16.8. The molecule has 0 aliphatic carbocycles. The van der Waals surface area contributed by atoms with E-state index in [-0.39, 0.29) is 13.2 Å². The number of hydrogen-bond acceptors (Lipinski definition) is 8. The number of carbonyl (C=O) groups is 1. The van der Waals surface area contributed by atoms with Gasteiger partial charge in [-0.15, -0.1) is 0 Å². The molecule has 0 spiro atoms. The summed E-state index contributed by atoms with van der Waals surface area (Å²) in [6.07, 6.45) is -2.23. The molecule has 0 amide bonds. The summed E-state index contributed by atoms with van der Waals surface area (Å²) in [5.74, 6) is -1.55. The average molecular weight is 396 g/mol. The zero-order valence-corrected chi connectivity index (χ0v) is 16.8. The highest BCUT2D eigenvalue weighted by Gasteiger charge is 2.53. The van der Waals surface area contributed by atoms with Crippen LogP contribution in [0, 0.1) is 0 Å². The number of aliphatic hydroxyl groups excluding tert-OH is 1. The molecule has 156 valence electrons. The van der Waals surface area contributed by atoms with E-state index < -0.39 is 42.0 Å². The number of ether oxygens (including phenoxy) is 6. The van der Waals surface area contributed by atoms with Crippen molar-refractivity contribution in [2.75, 3.05) is 20.3 Å². The highest BCUT2D eigenvalue weighted by atomic mass is 16.8. The number of benzene rings is 1. The number of methoxy groups -OCH3 is 1. The van der Waals surface area contributed by atoms with Crippen molar-refractivity contribution in [3.63, 3.8) is 0 Å². The molecule has 3 rings (SSSR count). The monoisotopic (exact) mass is 396 g/mol. The minimum Gasteiger partial charge on any atom is -0.497 e. The average Bonchev–Trinajstić information content (AvgIpc) is 3.14. The number of aliphatic hydroxyl groups is 1. The van der Waals surface area contributed by atoms with E-state index in [1.54, 1.807) is 59.1 Å². The molecule has 8 nitrogen and oxygen atoms in total. The van der Waals surface area contributed by atoms with Crippen LogP contribution in [0.1, 0.15) is 38.1 Å². The molecule has 1 aromatic carbocycles. The Morgan fingerprint density at radius 2 is 1.50 bits per heavy atom. The SMILES string of the molecule is COc1ccc(C(=O)OC[C@H]2OC(C)(C)O[C@@H]2[C@@H]2OC(C)(C)O[C@H]2CO)cc1. The van der Waals surface area contributed by atoms with E-state index in [0.717, 1.165) is 0 Å². The minimum atomic E-state index is -0.877. The summed E-state index contributed by atoms with van der Waals surface area (Å²) in [7, 11) is 1.56. The predicted octanol–water partition coefficient (Wildman–Crippen LogP) is 1.88. The molecule has 4 atom stereocenters. The first-order chi connectivity index (χ1) is 13.1. The Morgan fingerprint density at radius 3 is 2.04 bits per heavy atom. The van der Waals surface area contributed by atoms with Crippen LogP contribution < -0.4 is 4.74 Å². The standard InChI is InChI=1S/C20H28O8/c1-19(2)25-14(10-21)16(27-19)17-15(26-20(3,4)28-17)11-24-18(22)12-6-8-13(23-5)9-7-12/h6-9,14-17,21H,10-11H2,1-5H3/t14-,15+,16+,17-/m0/s1. The molecule has 2 saturated heterocycles. The summed E-state index contributed by atoms with van der Waals surface area (Å²) in [5, 5.41) is 9.66. The fourth-order valence-electron chi connectivity index (χ4n) is 3.52. The topological polar surface area (TPSA) is 92.7 Å². The van der Waals surface area contributed by atoms with Gasteiger partial charge in [-0.1, -0.05) is 0 Å². The van der Waals surface area contributed by atoms with E-state index in [0.29, 0.717) is 11.3 Å². The maximum absolute atomic E-state index is 12.4. The Hall–Kier alpha value is -1.71. The van der Waals surface area contributed by atoms with Crippen molar-refractivity contribution in [1.29, 1.82) is 0 Å². The number of carbonyl (C=O) groups excluding carboxylic acids is 1. The lowest BCUT2D eigenvalue weighted by atomic mass is 10.0. The first-order valence-electron chi connectivity index (χ1n) is 9.27. The summed E-state index contributed by atoms with van der Waals surface area (Å²) in [5.41, 5.74) is 0.408. The Bertz CT molecular complexity index is 684. The van der Waals surface area contributed by atoms with Gasteiger partial charge in [0, 0.05) is 0 Å². The van der Waals surface area contributed by atoms with Gasteiger partial charge < -0.3 is 33.5 Å². The van der Waals surface area contributed by atoms with Crippen LogP contribution in [-0.2, 0) is 23.7 Å². The fourth-order valence-corrected chi connectivity index (χ4v) is 3.52. The van der Waals surface area contributed by atoms with Gasteiger partial charge in [-0.05, 0) is 52.0 Å². The molecule has 0 unspecified atom stereocenters. The molecule has 2 aliphatic heterocycles. The zero-order chi connectivity index (χ0) is 20.5. The Balaban J connectivity index is 1.67. The third-order valence-corrected chi connectivity index (χ3v) is 4.65. The summed E-state index contributed by atoms with van der Waals surface area (Å²) in [6.45, 7) is 6.87. The van der Waals surface area contributed by atoms with Crippen LogP contribution in [0.3, 0.4) is 0 Å². The summed E-state index contributed by atoms with van der Waals surface area (Å²) in [4.78, 5) is 12.4. The van der Waals surface area contributed by atoms with Gasteiger partial charge in [-0.25, -0.2) is 4.79 Å². The lowest BCUT2D eigenvalue weighted by Gasteiger charge is -2.25. The van der Waals surface area contributed by atoms with Crippen LogP contribution in [0.25, 0.3) is 0 Å². The third kappa shape index (κ3) is 4.64. The van der Waals surface area contributed by atoms with E-state index in [4.69, 9.17) is 28.4 Å². The molecule has 1 N–H and O–H groups in total. The molecule has 2 fully saturated rings. The van der Waals surface area contributed by atoms with Crippen LogP contribution in [0.15, 0.2) is 24.3 Å². The van der Waals surface area contributed by atoms with Crippen molar-refractivity contribution < 1.29 is 38.3 Å². The maximum atomic E-state index is 12.4. The van der Waals surface area contributed by atoms with Gasteiger partial charge >= 0.3 is 5.97 Å². The molecule has 0 aromatic heterocycles. The highest BCUT2D eigenvalue weighted by molar-refractivity contribution is 5.89. The van der Waals surface area contributed by atoms with Crippen LogP contribution in [-0.4, -0.2) is 67.4 Å². The second kappa shape index (κ2) is 7.96. The Morgan fingerprint density at radius 1 is 0.964 bits per heavy atom. The van der Waals surface area contributed by atoms with Crippen molar-refractivity contribution in [2.24, 2.45) is 0 Å². The second-order valence-corrected chi connectivity index (χ2v) is 7.79. The van der Waals surface area contributed by atoms with Gasteiger partial charge in [0.25, 0.3) is 0 Å². The van der Waals surface area contributed by atoms with Gasteiger partial charge in [-0.2, -0.15) is 0 Å². The molecule has 0 bridgehead atoms. The molecule has 8 heteroatoms. The Labute approximate surface area is 164 Å². The lowest BCUT2D eigenvalue weighted by molar-refractivity contribution is -0.175. The molecule has 28 heavy (non-hydrogen) atoms. The number of hydrogen-bond donors (Lipinski definition) is 1. The van der Waals surface area contributed by atoms with E-state index in [1.165, 1.54) is 0 Å². The first-order valence-corrected chi connectivity index (χ1v) is 9.27. The van der Waals surface area contributed by atoms with Crippen molar-refractivity contribution in [2.45, 2.75) is 63.7 Å². The second-order valence-electron chi connectivity index (χ2n) is 7.79. The summed E-state index contributed by atoms with van der Waals surface area (Å²) >= 11 is 0. The van der Waals surface area contributed by atoms with Crippen LogP contribution in [0.4, 0.5) is 0 Å². The molecule has 2 heterocycles. The maximum Gasteiger partial charge on any atom is 0.338 e. The van der Waals surface area contributed by atoms with Gasteiger partial charge in [0.05, 0.1) is 19.3 Å². The van der Waals surface area contributed by atoms with Gasteiger partial charge in [0.2, 0.25) is 0 Å². The predicted molar refractivity (Wildman–Crippen MR) is 98.0 cm³/mol. The fraction of sp³-hybridized carbons (Fsp3) is 0.650. The Kier molecular flexibility index (Phi) is 5.97. The van der Waals surface area contributed by atoms with Crippen molar-refractivity contribution in [3.8, 4) is 5.75 Å². The molecule has 1 aromatic rings. The normalized spacial score (nSPS) is 30.9.